The summed E-state index contributed by atoms with van der Waals surface area (Å²) in [6, 6.07) is 18.9. The molecule has 0 saturated carbocycles. The van der Waals surface area contributed by atoms with Crippen molar-refractivity contribution in [2.75, 3.05) is 0 Å². The Labute approximate surface area is 171 Å². The Balaban J connectivity index is 1.89. The molecule has 1 aromatic heterocycles. The minimum Gasteiger partial charge on any atom is -0.292 e. The number of nitro groups is 1. The van der Waals surface area contributed by atoms with E-state index >= 15 is 0 Å². The van der Waals surface area contributed by atoms with Crippen LogP contribution in [-0.2, 0) is 0 Å². The van der Waals surface area contributed by atoms with Gasteiger partial charge in [0.05, 0.1) is 5.92 Å². The van der Waals surface area contributed by atoms with E-state index in [1.807, 2.05) is 0 Å². The molecular formula is C23H16N2O5. The summed E-state index contributed by atoms with van der Waals surface area (Å²) in [6.45, 7) is 0. The third-order valence-electron chi connectivity index (χ3n) is 5.44. The lowest BCUT2D eigenvalue weighted by molar-refractivity contribution is -0.534. The van der Waals surface area contributed by atoms with Crippen molar-refractivity contribution in [1.82, 2.24) is 4.98 Å². The number of hydrogen-bond acceptors (Lipinski definition) is 6. The Kier molecular flexibility index (Phi) is 4.79. The van der Waals surface area contributed by atoms with Crippen LogP contribution in [0.15, 0.2) is 79.0 Å². The van der Waals surface area contributed by atoms with E-state index in [0.29, 0.717) is 5.56 Å². The number of carbonyl (C=O) groups excluding carboxylic acids is 3. The highest BCUT2D eigenvalue weighted by molar-refractivity contribution is 6.32. The second-order valence-corrected chi connectivity index (χ2v) is 7.03. The van der Waals surface area contributed by atoms with Gasteiger partial charge in [-0.1, -0.05) is 60.7 Å². The average Bonchev–Trinajstić information content (AvgIpc) is 3.01. The monoisotopic (exact) mass is 400 g/mol. The predicted molar refractivity (Wildman–Crippen MR) is 107 cm³/mol. The van der Waals surface area contributed by atoms with Crippen LogP contribution in [0.3, 0.4) is 0 Å². The molecule has 7 heteroatoms. The molecule has 1 aliphatic rings. The molecule has 30 heavy (non-hydrogen) atoms. The molecular weight excluding hydrogens is 384 g/mol. The lowest BCUT2D eigenvalue weighted by Gasteiger charge is -2.27. The fraction of sp³-hybridized carbons (Fsp3) is 0.130. The van der Waals surface area contributed by atoms with E-state index in [4.69, 9.17) is 0 Å². The summed E-state index contributed by atoms with van der Waals surface area (Å²) in [5.41, 5.74) is -2.11. The van der Waals surface area contributed by atoms with Gasteiger partial charge in [-0.2, -0.15) is 0 Å². The second-order valence-electron chi connectivity index (χ2n) is 7.03. The maximum absolute atomic E-state index is 13.3. The third-order valence-corrected chi connectivity index (χ3v) is 5.44. The van der Waals surface area contributed by atoms with Crippen LogP contribution in [0.4, 0.5) is 0 Å². The van der Waals surface area contributed by atoms with Crippen LogP contribution in [0.5, 0.6) is 0 Å². The third kappa shape index (κ3) is 2.83. The zero-order valence-electron chi connectivity index (χ0n) is 15.7. The van der Waals surface area contributed by atoms with Crippen molar-refractivity contribution in [3.63, 3.8) is 0 Å². The number of hydrogen-bond donors (Lipinski definition) is 0. The van der Waals surface area contributed by atoms with E-state index in [1.165, 1.54) is 24.4 Å². The smallest absolute Gasteiger partial charge is 0.292 e. The van der Waals surface area contributed by atoms with Crippen molar-refractivity contribution in [2.45, 2.75) is 17.9 Å². The predicted octanol–water partition coefficient (Wildman–Crippen LogP) is 3.53. The molecule has 1 aliphatic carbocycles. The molecule has 0 bridgehead atoms. The maximum Gasteiger partial charge on any atom is 0.352 e. The zero-order valence-corrected chi connectivity index (χ0v) is 15.7. The van der Waals surface area contributed by atoms with Gasteiger partial charge in [0.2, 0.25) is 11.6 Å². The molecule has 0 amide bonds. The molecule has 2 aromatic carbocycles. The number of fused-ring (bicyclic) bond motifs is 1. The number of nitrogens with zero attached hydrogens (tertiary/aromatic N) is 2. The van der Waals surface area contributed by atoms with E-state index < -0.39 is 40.2 Å². The Morgan fingerprint density at radius 2 is 1.47 bits per heavy atom. The number of benzene rings is 2. The molecule has 0 saturated heterocycles. The van der Waals surface area contributed by atoms with Gasteiger partial charge in [0, 0.05) is 28.7 Å². The van der Waals surface area contributed by atoms with Crippen molar-refractivity contribution < 1.29 is 19.3 Å². The van der Waals surface area contributed by atoms with Crippen molar-refractivity contribution in [3.8, 4) is 0 Å². The summed E-state index contributed by atoms with van der Waals surface area (Å²) in [6.07, 6.45) is 1.03. The molecule has 0 radical (unpaired) electrons. The van der Waals surface area contributed by atoms with Crippen molar-refractivity contribution in [3.05, 3.63) is 111 Å². The quantitative estimate of drug-likeness (QED) is 0.271. The number of pyridine rings is 1. The van der Waals surface area contributed by atoms with Gasteiger partial charge in [-0.3, -0.25) is 29.5 Å². The number of ketones is 3. The average molecular weight is 400 g/mol. The SMILES string of the molecule is O=C(C[C@@H](c1ccccc1)C1([N+](=O)[O-])C(=O)c2ccccc2C1=O)c1ccccn1. The molecule has 0 unspecified atom stereocenters. The van der Waals surface area contributed by atoms with Crippen LogP contribution in [-0.4, -0.2) is 32.8 Å². The first kappa shape index (κ1) is 19.3. The number of carbonyl (C=O) groups is 3. The highest BCUT2D eigenvalue weighted by Gasteiger charge is 2.68. The van der Waals surface area contributed by atoms with E-state index in [2.05, 4.69) is 4.98 Å². The lowest BCUT2D eigenvalue weighted by Crippen LogP contribution is -2.54. The van der Waals surface area contributed by atoms with E-state index in [-0.39, 0.29) is 16.8 Å². The maximum atomic E-state index is 13.3. The van der Waals surface area contributed by atoms with Gasteiger partial charge in [0.25, 0.3) is 0 Å². The Morgan fingerprint density at radius 1 is 0.900 bits per heavy atom. The zero-order chi connectivity index (χ0) is 21.3. The molecule has 1 atom stereocenters. The standard InChI is InChI=1S/C23H16N2O5/c26-20(19-12-6-7-13-24-19)14-18(15-8-2-1-3-9-15)23(25(29)30)21(27)16-10-4-5-11-17(16)22(23)28/h1-13,18H,14H2/t18-/m0/s1. The topological polar surface area (TPSA) is 107 Å². The van der Waals surface area contributed by atoms with E-state index in [0.717, 1.165) is 0 Å². The van der Waals surface area contributed by atoms with Gasteiger partial charge in [-0.25, -0.2) is 0 Å². The van der Waals surface area contributed by atoms with Crippen LogP contribution in [0.1, 0.15) is 49.1 Å². The first-order valence-corrected chi connectivity index (χ1v) is 9.30. The first-order chi connectivity index (χ1) is 14.5. The highest BCUT2D eigenvalue weighted by atomic mass is 16.6. The number of rotatable bonds is 6. The molecule has 7 nitrogen and oxygen atoms in total. The summed E-state index contributed by atoms with van der Waals surface area (Å²) in [5, 5.41) is 12.4. The summed E-state index contributed by atoms with van der Waals surface area (Å²) in [4.78, 5) is 55.1. The molecule has 0 spiro atoms. The summed E-state index contributed by atoms with van der Waals surface area (Å²) >= 11 is 0. The van der Waals surface area contributed by atoms with Crippen LogP contribution < -0.4 is 0 Å². The van der Waals surface area contributed by atoms with Crippen LogP contribution >= 0.6 is 0 Å². The van der Waals surface area contributed by atoms with Gasteiger partial charge in [-0.15, -0.1) is 0 Å². The molecule has 0 N–H and O–H groups in total. The van der Waals surface area contributed by atoms with Gasteiger partial charge in [0.15, 0.2) is 5.78 Å². The first-order valence-electron chi connectivity index (χ1n) is 9.30. The summed E-state index contributed by atoms with van der Waals surface area (Å²) < 4.78 is 0. The van der Waals surface area contributed by atoms with Gasteiger partial charge < -0.3 is 0 Å². The summed E-state index contributed by atoms with van der Waals surface area (Å²) in [7, 11) is 0. The largest absolute Gasteiger partial charge is 0.352 e. The molecule has 1 heterocycles. The van der Waals surface area contributed by atoms with Crippen LogP contribution in [0.25, 0.3) is 0 Å². The fourth-order valence-corrected chi connectivity index (χ4v) is 4.01. The van der Waals surface area contributed by atoms with Crippen molar-refractivity contribution in [1.29, 1.82) is 0 Å². The highest BCUT2D eigenvalue weighted by Crippen LogP contribution is 2.44. The molecule has 0 aliphatic heterocycles. The van der Waals surface area contributed by atoms with Crippen molar-refractivity contribution >= 4 is 17.3 Å². The normalized spacial score (nSPS) is 15.5. The Morgan fingerprint density at radius 3 is 2.00 bits per heavy atom. The second kappa shape index (κ2) is 7.44. The van der Waals surface area contributed by atoms with Gasteiger partial charge in [-0.05, 0) is 17.7 Å². The van der Waals surface area contributed by atoms with Crippen LogP contribution in [0, 0.1) is 10.1 Å². The molecule has 0 fully saturated rings. The van der Waals surface area contributed by atoms with E-state index in [1.54, 1.807) is 54.6 Å². The Bertz CT molecular complexity index is 1120. The van der Waals surface area contributed by atoms with E-state index in [9.17, 15) is 24.5 Å². The molecule has 4 rings (SSSR count). The molecule has 3 aromatic rings. The van der Waals surface area contributed by atoms with Crippen LogP contribution in [0.2, 0.25) is 0 Å². The minimum atomic E-state index is -2.60. The van der Waals surface area contributed by atoms with Gasteiger partial charge >= 0.3 is 5.54 Å². The van der Waals surface area contributed by atoms with Gasteiger partial charge in [0.1, 0.15) is 5.69 Å². The number of aromatic nitrogens is 1. The molecule has 148 valence electrons. The fourth-order valence-electron chi connectivity index (χ4n) is 4.01. The lowest BCUT2D eigenvalue weighted by atomic mass is 9.73. The number of Topliss-reactive ketones (excluding diaryl/α,β-unsaturated/α-hetero) is 3. The minimum absolute atomic E-state index is 0.00502. The Hall–Kier alpha value is -4.00. The van der Waals surface area contributed by atoms with Crippen molar-refractivity contribution in [2.24, 2.45) is 0 Å². The summed E-state index contributed by atoms with van der Waals surface area (Å²) in [5.74, 6) is -3.55.